The van der Waals surface area contributed by atoms with Crippen molar-refractivity contribution in [1.29, 1.82) is 0 Å². The first-order valence-corrected chi connectivity index (χ1v) is 33.2. The summed E-state index contributed by atoms with van der Waals surface area (Å²) >= 11 is 7.87. The lowest BCUT2D eigenvalue weighted by atomic mass is 9.99. The summed E-state index contributed by atoms with van der Waals surface area (Å²) in [5.74, 6) is -7.67. The summed E-state index contributed by atoms with van der Waals surface area (Å²) in [6.07, 6.45) is 5.28. The van der Waals surface area contributed by atoms with Gasteiger partial charge in [0.15, 0.2) is 5.82 Å². The topological polar surface area (TPSA) is 388 Å². The molecule has 8 N–H and O–H groups in total. The van der Waals surface area contributed by atoms with Crippen LogP contribution >= 0.6 is 22.9 Å². The molecule has 4 aliphatic heterocycles. The molecule has 4 aliphatic rings. The van der Waals surface area contributed by atoms with Gasteiger partial charge in [0.25, 0.3) is 29.5 Å². The lowest BCUT2D eigenvalue weighted by Gasteiger charge is -2.34. The standard InChI is InChI=1S/C67H74ClN15O14S/c1-38-39(2)98-67-59(38)61(42-20-22-44(68)23-21-42)77-46(62-79-78-40(3)82(62)67)31-51(86)69-28-11-5-9-18-49(84)70-32-43-16-13-17-45-60(43)66(97)83(64(45)95)48-24-25-58(93)81(65(48)96)37-75-54(89)34-72-53(88)35-74-63(94)47(30-41-14-7-4-8-15-41)76-55(90)36-73-52(87)33-71-50(85)19-10-6-12-29-80-56(91)26-27-57(80)92/h4,7-8,13-17,20-23,26-27,46-48H,5-6,9-12,18-19,24-25,28-37H2,1-3H3,(H,69,86)(H,70,84)(H,71,85)(H,72,88)(H,73,87)(H,74,94)(H,75,89)(H,76,90)/t46-,47-,48?/m0/s1. The quantitative estimate of drug-likeness (QED) is 0.0226. The van der Waals surface area contributed by atoms with Crippen molar-refractivity contribution in [2.75, 3.05) is 45.9 Å². The summed E-state index contributed by atoms with van der Waals surface area (Å²) < 4.78 is 1.98. The van der Waals surface area contributed by atoms with Crippen molar-refractivity contribution in [3.05, 3.63) is 145 Å². The Labute approximate surface area is 571 Å². The van der Waals surface area contributed by atoms with E-state index in [1.54, 1.807) is 65.9 Å². The number of carbonyl (C=O) groups excluding carboxylic acids is 14. The van der Waals surface area contributed by atoms with Crippen LogP contribution in [-0.2, 0) is 70.5 Å². The molecule has 0 aliphatic carbocycles. The normalized spacial score (nSPS) is 15.8. The average Bonchev–Trinajstić information content (AvgIpc) is 1.61. The van der Waals surface area contributed by atoms with Crippen LogP contribution in [0.4, 0.5) is 0 Å². The van der Waals surface area contributed by atoms with Gasteiger partial charge in [-0.15, -0.1) is 21.5 Å². The number of amides is 14. The number of thiophene rings is 1. The second-order valence-electron chi connectivity index (χ2n) is 23.7. The fourth-order valence-corrected chi connectivity index (χ4v) is 12.8. The monoisotopic (exact) mass is 1380 g/mol. The Balaban J connectivity index is 0.669. The maximum Gasteiger partial charge on any atom is 0.262 e. The SMILES string of the molecule is Cc1sc2c(c1C)C(c1ccc(Cl)cc1)=N[C@@H](CC(=O)NCCCCCC(=O)NCc1cccc3c1C(=O)N(C1CCC(=O)N(CNC(=O)CNC(=O)CNC(=O)[C@H](Cc4ccccc4)NC(=O)CNC(=O)CNC(=O)CCCCCN4C(=O)C=CC4=O)C1=O)C3=O)c1nnc(C)n1-2. The molecule has 0 saturated carbocycles. The highest BCUT2D eigenvalue weighted by Crippen LogP contribution is 2.40. The molecular weight excluding hydrogens is 1310 g/mol. The minimum absolute atomic E-state index is 0.000628. The van der Waals surface area contributed by atoms with Gasteiger partial charge in [-0.3, -0.25) is 91.4 Å². The maximum absolute atomic E-state index is 14.1. The number of hydrogen-bond donors (Lipinski definition) is 8. The molecular formula is C67H74ClN15O14S. The van der Waals surface area contributed by atoms with Gasteiger partial charge in [-0.1, -0.05) is 79.0 Å². The first-order chi connectivity index (χ1) is 47.1. The van der Waals surface area contributed by atoms with Crippen LogP contribution in [0.3, 0.4) is 0 Å². The number of imide groups is 3. The predicted octanol–water partition coefficient (Wildman–Crippen LogP) is 2.05. The minimum atomic E-state index is -1.42. The van der Waals surface area contributed by atoms with Gasteiger partial charge in [0.1, 0.15) is 35.6 Å². The summed E-state index contributed by atoms with van der Waals surface area (Å²) in [7, 11) is 0. The van der Waals surface area contributed by atoms with Crippen molar-refractivity contribution in [3.8, 4) is 5.00 Å². The first kappa shape index (κ1) is 71.7. The van der Waals surface area contributed by atoms with E-state index in [1.165, 1.54) is 18.2 Å². The van der Waals surface area contributed by atoms with Crippen LogP contribution < -0.4 is 42.5 Å². The molecule has 0 radical (unpaired) electrons. The van der Waals surface area contributed by atoms with Gasteiger partial charge in [0, 0.05) is 78.5 Å². The first-order valence-electron chi connectivity index (χ1n) is 32.0. The molecule has 514 valence electrons. The summed E-state index contributed by atoms with van der Waals surface area (Å²) in [6.45, 7) is 3.43. The number of likely N-dealkylation sites (tertiary alicyclic amines) is 1. The van der Waals surface area contributed by atoms with E-state index in [-0.39, 0.29) is 86.4 Å². The zero-order valence-electron chi connectivity index (χ0n) is 54.1. The average molecular weight is 1380 g/mol. The molecule has 2 aromatic heterocycles. The number of carbonyl (C=O) groups is 14. The van der Waals surface area contributed by atoms with Crippen molar-refractivity contribution in [3.63, 3.8) is 0 Å². The van der Waals surface area contributed by atoms with E-state index in [2.05, 4.69) is 66.6 Å². The molecule has 14 amide bonds. The second kappa shape index (κ2) is 33.4. The molecule has 98 heavy (non-hydrogen) atoms. The maximum atomic E-state index is 14.1. The van der Waals surface area contributed by atoms with Crippen molar-refractivity contribution in [1.82, 2.24) is 72.0 Å². The lowest BCUT2D eigenvalue weighted by Crippen LogP contribution is -2.58. The van der Waals surface area contributed by atoms with Crippen LogP contribution in [0.2, 0.25) is 5.02 Å². The third-order valence-electron chi connectivity index (χ3n) is 16.8. The Morgan fingerprint density at radius 1 is 0.622 bits per heavy atom. The van der Waals surface area contributed by atoms with E-state index in [0.717, 1.165) is 42.1 Å². The highest BCUT2D eigenvalue weighted by atomic mass is 35.5. The molecule has 5 aromatic rings. The van der Waals surface area contributed by atoms with E-state index in [9.17, 15) is 67.1 Å². The molecule has 1 saturated heterocycles. The highest BCUT2D eigenvalue weighted by molar-refractivity contribution is 7.15. The zero-order chi connectivity index (χ0) is 70.2. The number of benzene rings is 3. The summed E-state index contributed by atoms with van der Waals surface area (Å²) in [5, 5.41) is 30.6. The Morgan fingerprint density at radius 3 is 1.97 bits per heavy atom. The van der Waals surface area contributed by atoms with Gasteiger partial charge >= 0.3 is 0 Å². The van der Waals surface area contributed by atoms with Crippen LogP contribution in [-0.4, -0.2) is 176 Å². The number of aromatic nitrogens is 3. The number of aryl methyl sites for hydroxylation is 2. The molecule has 31 heteroatoms. The number of nitrogens with zero attached hydrogens (tertiary/aromatic N) is 7. The fourth-order valence-electron chi connectivity index (χ4n) is 11.5. The van der Waals surface area contributed by atoms with Gasteiger partial charge in [0.05, 0.1) is 49.4 Å². The number of hydrogen-bond acceptors (Lipinski definition) is 18. The van der Waals surface area contributed by atoms with Crippen LogP contribution in [0.25, 0.3) is 5.00 Å². The molecule has 0 bridgehead atoms. The molecule has 6 heterocycles. The van der Waals surface area contributed by atoms with E-state index in [1.807, 2.05) is 23.6 Å². The Bertz CT molecular complexity index is 4020. The number of unbranched alkanes of at least 4 members (excludes halogenated alkanes) is 4. The Morgan fingerprint density at radius 2 is 1.27 bits per heavy atom. The molecule has 1 fully saturated rings. The van der Waals surface area contributed by atoms with Crippen LogP contribution in [0, 0.1) is 20.8 Å². The number of rotatable bonds is 32. The number of fused-ring (bicyclic) bond motifs is 4. The van der Waals surface area contributed by atoms with E-state index in [4.69, 9.17) is 16.6 Å². The Kier molecular flexibility index (Phi) is 24.4. The van der Waals surface area contributed by atoms with Gasteiger partial charge in [-0.25, -0.2) is 0 Å². The molecule has 3 atom stereocenters. The molecule has 1 unspecified atom stereocenters. The molecule has 9 rings (SSSR count). The summed E-state index contributed by atoms with van der Waals surface area (Å²) in [6, 6.07) is 17.3. The predicted molar refractivity (Wildman–Crippen MR) is 354 cm³/mol. The van der Waals surface area contributed by atoms with E-state index < -0.39 is 110 Å². The van der Waals surface area contributed by atoms with Gasteiger partial charge in [-0.2, -0.15) is 0 Å². The lowest BCUT2D eigenvalue weighted by molar-refractivity contribution is -0.152. The largest absolute Gasteiger partial charge is 0.356 e. The second-order valence-corrected chi connectivity index (χ2v) is 25.3. The van der Waals surface area contributed by atoms with Crippen molar-refractivity contribution < 1.29 is 67.1 Å². The third-order valence-corrected chi connectivity index (χ3v) is 18.2. The van der Waals surface area contributed by atoms with E-state index in [0.29, 0.717) is 77.8 Å². The van der Waals surface area contributed by atoms with Gasteiger partial charge < -0.3 is 42.5 Å². The van der Waals surface area contributed by atoms with E-state index >= 15 is 0 Å². The Hall–Kier alpha value is -10.6. The number of aliphatic imine (C=N–C) groups is 1. The molecule has 3 aromatic carbocycles. The third kappa shape index (κ3) is 18.1. The summed E-state index contributed by atoms with van der Waals surface area (Å²) in [5.41, 5.74) is 4.57. The number of piperidine rings is 1. The van der Waals surface area contributed by atoms with Crippen molar-refractivity contribution in [2.24, 2.45) is 4.99 Å². The molecule has 0 spiro atoms. The van der Waals surface area contributed by atoms with Crippen molar-refractivity contribution >= 4 is 111 Å². The fraction of sp³-hybridized carbons (Fsp3) is 0.388. The van der Waals surface area contributed by atoms with Crippen LogP contribution in [0.15, 0.2) is 89.9 Å². The van der Waals surface area contributed by atoms with Gasteiger partial charge in [-0.05, 0) is 87.8 Å². The minimum Gasteiger partial charge on any atom is -0.356 e. The van der Waals surface area contributed by atoms with Crippen LogP contribution in [0.1, 0.15) is 142 Å². The number of halogens is 1. The van der Waals surface area contributed by atoms with Crippen LogP contribution in [0.5, 0.6) is 0 Å². The summed E-state index contributed by atoms with van der Waals surface area (Å²) in [4.78, 5) is 191. The number of nitrogens with one attached hydrogen (secondary N) is 8. The zero-order valence-corrected chi connectivity index (χ0v) is 55.7. The smallest absolute Gasteiger partial charge is 0.262 e. The molecule has 29 nitrogen and oxygen atoms in total. The van der Waals surface area contributed by atoms with Crippen molar-refractivity contribution in [2.45, 2.75) is 122 Å². The van der Waals surface area contributed by atoms with Gasteiger partial charge in [0.2, 0.25) is 53.2 Å². The highest BCUT2D eigenvalue weighted by Gasteiger charge is 2.48.